The number of amides is 2. The largest absolute Gasteiger partial charge is 0.497 e. The molecule has 3 rings (SSSR count). The second-order valence-corrected chi connectivity index (χ2v) is 8.18. The van der Waals surface area contributed by atoms with Crippen molar-refractivity contribution in [3.05, 3.63) is 59.7 Å². The zero-order chi connectivity index (χ0) is 22.2. The number of carbonyl (C=O) groups excluding carboxylic acids is 2. The van der Waals surface area contributed by atoms with Gasteiger partial charge in [-0.3, -0.25) is 9.59 Å². The molecule has 1 saturated heterocycles. The van der Waals surface area contributed by atoms with Gasteiger partial charge in [0.1, 0.15) is 22.9 Å². The van der Waals surface area contributed by atoms with Gasteiger partial charge in [-0.15, -0.1) is 11.8 Å². The highest BCUT2D eigenvalue weighted by atomic mass is 32.2. The first-order valence-electron chi connectivity index (χ1n) is 10.1. The molecule has 2 aromatic rings. The second-order valence-electron chi connectivity index (χ2n) is 7.06. The average molecular weight is 445 g/mol. The van der Waals surface area contributed by atoms with E-state index in [4.69, 9.17) is 14.2 Å². The van der Waals surface area contributed by atoms with Crippen molar-refractivity contribution < 1.29 is 23.8 Å². The Morgan fingerprint density at radius 3 is 2.35 bits per heavy atom. The lowest BCUT2D eigenvalue weighted by Crippen LogP contribution is -2.48. The van der Waals surface area contributed by atoms with E-state index < -0.39 is 6.04 Å². The van der Waals surface area contributed by atoms with Gasteiger partial charge in [0.2, 0.25) is 5.91 Å². The molecule has 2 unspecified atom stereocenters. The van der Waals surface area contributed by atoms with Crippen molar-refractivity contribution in [1.29, 1.82) is 0 Å². The van der Waals surface area contributed by atoms with Gasteiger partial charge in [0.25, 0.3) is 5.91 Å². The number of thioether (sulfide) groups is 1. The molecular formula is C23H28N2O5S. The van der Waals surface area contributed by atoms with Crippen molar-refractivity contribution in [2.75, 3.05) is 40.2 Å². The Labute approximate surface area is 187 Å². The Morgan fingerprint density at radius 1 is 1.06 bits per heavy atom. The predicted octanol–water partition coefficient (Wildman–Crippen LogP) is 3.11. The van der Waals surface area contributed by atoms with E-state index in [0.717, 1.165) is 5.56 Å². The lowest BCUT2D eigenvalue weighted by atomic mass is 10.1. The van der Waals surface area contributed by atoms with E-state index in [1.165, 1.54) is 14.2 Å². The second kappa shape index (κ2) is 11.1. The molecule has 0 saturated carbocycles. The first-order chi connectivity index (χ1) is 15.1. The van der Waals surface area contributed by atoms with Crippen LogP contribution in [0.2, 0.25) is 0 Å². The fourth-order valence-electron chi connectivity index (χ4n) is 3.46. The number of methoxy groups -OCH3 is 3. The highest BCUT2D eigenvalue weighted by Gasteiger charge is 2.42. The zero-order valence-corrected chi connectivity index (χ0v) is 18.8. The van der Waals surface area contributed by atoms with Crippen LogP contribution in [0.3, 0.4) is 0 Å². The van der Waals surface area contributed by atoms with E-state index in [0.29, 0.717) is 42.4 Å². The van der Waals surface area contributed by atoms with Crippen molar-refractivity contribution >= 4 is 23.6 Å². The van der Waals surface area contributed by atoms with Crippen LogP contribution in [0.5, 0.6) is 11.5 Å². The Kier molecular flexibility index (Phi) is 8.20. The molecule has 2 atom stereocenters. The Balaban J connectivity index is 1.91. The molecule has 0 bridgehead atoms. The third-order valence-electron chi connectivity index (χ3n) is 5.05. The Hall–Kier alpha value is -2.71. The molecule has 2 aromatic carbocycles. The predicted molar refractivity (Wildman–Crippen MR) is 121 cm³/mol. The fraction of sp³-hybridized carbons (Fsp3) is 0.391. The standard InChI is InChI=1S/C23H28N2O5S/c1-28-11-7-10-24-21(26)20-15-31-23(16-8-5-4-6-9-16)25(20)22(27)17-12-18(29-2)14-19(13-17)30-3/h4-6,8-9,12-14,20,23H,7,10-11,15H2,1-3H3,(H,24,26). The van der Waals surface area contributed by atoms with Crippen LogP contribution in [0.25, 0.3) is 0 Å². The van der Waals surface area contributed by atoms with Crippen LogP contribution >= 0.6 is 11.8 Å². The molecule has 0 aromatic heterocycles. The van der Waals surface area contributed by atoms with Crippen LogP contribution in [-0.4, -0.2) is 63.0 Å². The molecule has 0 aliphatic carbocycles. The maximum Gasteiger partial charge on any atom is 0.256 e. The first-order valence-corrected chi connectivity index (χ1v) is 11.1. The molecule has 31 heavy (non-hydrogen) atoms. The summed E-state index contributed by atoms with van der Waals surface area (Å²) < 4.78 is 15.7. The van der Waals surface area contributed by atoms with Gasteiger partial charge in [-0.1, -0.05) is 30.3 Å². The molecule has 2 amide bonds. The van der Waals surface area contributed by atoms with Gasteiger partial charge in [0.05, 0.1) is 14.2 Å². The van der Waals surface area contributed by atoms with Gasteiger partial charge in [-0.05, 0) is 24.1 Å². The Bertz CT molecular complexity index is 871. The number of ether oxygens (including phenoxy) is 3. The number of nitrogens with zero attached hydrogens (tertiary/aromatic N) is 1. The van der Waals surface area contributed by atoms with Gasteiger partial charge in [-0.25, -0.2) is 0 Å². The SMILES string of the molecule is COCCCNC(=O)C1CSC(c2ccccc2)N1C(=O)c1cc(OC)cc(OC)c1. The Morgan fingerprint density at radius 2 is 1.74 bits per heavy atom. The van der Waals surface area contributed by atoms with Gasteiger partial charge >= 0.3 is 0 Å². The summed E-state index contributed by atoms with van der Waals surface area (Å²) in [6.45, 7) is 1.07. The highest BCUT2D eigenvalue weighted by Crippen LogP contribution is 2.42. The fourth-order valence-corrected chi connectivity index (χ4v) is 4.89. The van der Waals surface area contributed by atoms with Crippen LogP contribution in [0, 0.1) is 0 Å². The number of hydrogen-bond donors (Lipinski definition) is 1. The molecule has 0 spiro atoms. The monoisotopic (exact) mass is 444 g/mol. The minimum Gasteiger partial charge on any atom is -0.497 e. The lowest BCUT2D eigenvalue weighted by molar-refractivity contribution is -0.124. The lowest BCUT2D eigenvalue weighted by Gasteiger charge is -2.29. The third-order valence-corrected chi connectivity index (χ3v) is 6.37. The van der Waals surface area contributed by atoms with Crippen LogP contribution < -0.4 is 14.8 Å². The van der Waals surface area contributed by atoms with Crippen LogP contribution in [-0.2, 0) is 9.53 Å². The molecule has 0 radical (unpaired) electrons. The van der Waals surface area contributed by atoms with Gasteiger partial charge in [0.15, 0.2) is 0 Å². The summed E-state index contributed by atoms with van der Waals surface area (Å²) in [6.07, 6.45) is 0.714. The van der Waals surface area contributed by atoms with Gasteiger partial charge in [0, 0.05) is 37.6 Å². The summed E-state index contributed by atoms with van der Waals surface area (Å²) in [7, 11) is 4.71. The quantitative estimate of drug-likeness (QED) is 0.599. The van der Waals surface area contributed by atoms with Crippen molar-refractivity contribution in [3.8, 4) is 11.5 Å². The molecule has 1 fully saturated rings. The maximum atomic E-state index is 13.7. The molecular weight excluding hydrogens is 416 g/mol. The summed E-state index contributed by atoms with van der Waals surface area (Å²) in [4.78, 5) is 28.3. The van der Waals surface area contributed by atoms with Crippen LogP contribution in [0.4, 0.5) is 0 Å². The summed E-state index contributed by atoms with van der Waals surface area (Å²) in [6, 6.07) is 14.2. The number of nitrogens with one attached hydrogen (secondary N) is 1. The van der Waals surface area contributed by atoms with Gasteiger partial charge in [-0.2, -0.15) is 0 Å². The van der Waals surface area contributed by atoms with Crippen molar-refractivity contribution in [3.63, 3.8) is 0 Å². The zero-order valence-electron chi connectivity index (χ0n) is 18.0. The smallest absolute Gasteiger partial charge is 0.256 e. The van der Waals surface area contributed by atoms with E-state index in [1.807, 2.05) is 30.3 Å². The van der Waals surface area contributed by atoms with E-state index in [1.54, 1.807) is 42.0 Å². The van der Waals surface area contributed by atoms with Crippen molar-refractivity contribution in [1.82, 2.24) is 10.2 Å². The van der Waals surface area contributed by atoms with E-state index >= 15 is 0 Å². The van der Waals surface area contributed by atoms with E-state index in [-0.39, 0.29) is 17.2 Å². The van der Waals surface area contributed by atoms with Crippen LogP contribution in [0.15, 0.2) is 48.5 Å². The minimum absolute atomic E-state index is 0.162. The van der Waals surface area contributed by atoms with E-state index in [2.05, 4.69) is 5.32 Å². The topological polar surface area (TPSA) is 77.1 Å². The van der Waals surface area contributed by atoms with Gasteiger partial charge < -0.3 is 24.4 Å². The van der Waals surface area contributed by atoms with Crippen molar-refractivity contribution in [2.24, 2.45) is 0 Å². The summed E-state index contributed by atoms with van der Waals surface area (Å²) in [5.41, 5.74) is 1.39. The highest BCUT2D eigenvalue weighted by molar-refractivity contribution is 7.99. The first kappa shape index (κ1) is 23.0. The summed E-state index contributed by atoms with van der Waals surface area (Å²) in [5.74, 6) is 1.15. The molecule has 8 heteroatoms. The molecule has 1 N–H and O–H groups in total. The number of rotatable bonds is 9. The number of benzene rings is 2. The summed E-state index contributed by atoms with van der Waals surface area (Å²) >= 11 is 1.58. The molecule has 1 heterocycles. The molecule has 166 valence electrons. The molecule has 7 nitrogen and oxygen atoms in total. The number of carbonyl (C=O) groups is 2. The number of hydrogen-bond acceptors (Lipinski definition) is 6. The maximum absolute atomic E-state index is 13.7. The molecule has 1 aliphatic heterocycles. The van der Waals surface area contributed by atoms with E-state index in [9.17, 15) is 9.59 Å². The average Bonchev–Trinajstić information content (AvgIpc) is 3.26. The normalized spacial score (nSPS) is 18.0. The van der Waals surface area contributed by atoms with Crippen LogP contribution in [0.1, 0.15) is 27.7 Å². The van der Waals surface area contributed by atoms with Crippen molar-refractivity contribution in [2.45, 2.75) is 17.8 Å². The molecule has 1 aliphatic rings. The third kappa shape index (κ3) is 5.51. The summed E-state index contributed by atoms with van der Waals surface area (Å²) in [5, 5.41) is 2.67. The minimum atomic E-state index is -0.581.